The number of amides is 1. The van der Waals surface area contributed by atoms with Crippen molar-refractivity contribution in [1.29, 1.82) is 0 Å². The third-order valence-electron chi connectivity index (χ3n) is 4.92. The van der Waals surface area contributed by atoms with E-state index in [0.29, 0.717) is 25.5 Å². The van der Waals surface area contributed by atoms with Gasteiger partial charge in [-0.2, -0.15) is 5.10 Å². The summed E-state index contributed by atoms with van der Waals surface area (Å²) in [7, 11) is 1.63. The van der Waals surface area contributed by atoms with Crippen LogP contribution in [0.15, 0.2) is 36.5 Å². The highest BCUT2D eigenvalue weighted by molar-refractivity contribution is 5.92. The van der Waals surface area contributed by atoms with E-state index < -0.39 is 0 Å². The van der Waals surface area contributed by atoms with Gasteiger partial charge in [0.1, 0.15) is 5.75 Å². The molecule has 2 aromatic rings. The Morgan fingerprint density at radius 1 is 1.19 bits per heavy atom. The monoisotopic (exact) mass is 357 g/mol. The third kappa shape index (κ3) is 3.45. The summed E-state index contributed by atoms with van der Waals surface area (Å²) in [5.74, 6) is 0.978. The second-order valence-corrected chi connectivity index (χ2v) is 6.61. The SMILES string of the molecule is COc1ccc(-n2ccc(C(=O)N3CCCC(C4OCCO4)C3)n2)cc1. The van der Waals surface area contributed by atoms with Crippen LogP contribution in [0.25, 0.3) is 5.69 Å². The minimum Gasteiger partial charge on any atom is -0.497 e. The van der Waals surface area contributed by atoms with Crippen molar-refractivity contribution in [3.8, 4) is 11.4 Å². The van der Waals surface area contributed by atoms with E-state index >= 15 is 0 Å². The van der Waals surface area contributed by atoms with Gasteiger partial charge in [0.2, 0.25) is 0 Å². The topological polar surface area (TPSA) is 65.8 Å². The van der Waals surface area contributed by atoms with Crippen molar-refractivity contribution in [2.24, 2.45) is 5.92 Å². The molecule has 2 aliphatic rings. The molecule has 0 radical (unpaired) electrons. The molecule has 0 spiro atoms. The van der Waals surface area contributed by atoms with Gasteiger partial charge in [-0.15, -0.1) is 0 Å². The Kier molecular flexibility index (Phi) is 4.90. The first kappa shape index (κ1) is 17.1. The highest BCUT2D eigenvalue weighted by atomic mass is 16.7. The molecule has 1 aromatic carbocycles. The number of benzene rings is 1. The van der Waals surface area contributed by atoms with Crippen molar-refractivity contribution in [1.82, 2.24) is 14.7 Å². The van der Waals surface area contributed by atoms with Gasteiger partial charge in [0.25, 0.3) is 5.91 Å². The minimum absolute atomic E-state index is 0.0417. The molecule has 1 amide bonds. The van der Waals surface area contributed by atoms with Crippen molar-refractivity contribution in [2.45, 2.75) is 19.1 Å². The average molecular weight is 357 g/mol. The van der Waals surface area contributed by atoms with Gasteiger partial charge in [-0.1, -0.05) is 0 Å². The maximum Gasteiger partial charge on any atom is 0.274 e. The molecule has 0 aliphatic carbocycles. The summed E-state index contributed by atoms with van der Waals surface area (Å²) in [5, 5.41) is 4.46. The van der Waals surface area contributed by atoms with Crippen LogP contribution in [0.5, 0.6) is 5.75 Å². The molecule has 2 fully saturated rings. The number of carbonyl (C=O) groups is 1. The zero-order chi connectivity index (χ0) is 17.9. The second kappa shape index (κ2) is 7.47. The highest BCUT2D eigenvalue weighted by Gasteiger charge is 2.33. The van der Waals surface area contributed by atoms with Crippen molar-refractivity contribution >= 4 is 5.91 Å². The van der Waals surface area contributed by atoms with Gasteiger partial charge in [0, 0.05) is 25.2 Å². The fourth-order valence-electron chi connectivity index (χ4n) is 3.54. The van der Waals surface area contributed by atoms with Crippen LogP contribution in [0.2, 0.25) is 0 Å². The molecule has 7 nitrogen and oxygen atoms in total. The number of nitrogens with zero attached hydrogens (tertiary/aromatic N) is 3. The number of rotatable bonds is 4. The number of ether oxygens (including phenoxy) is 3. The molecular weight excluding hydrogens is 334 g/mol. The smallest absolute Gasteiger partial charge is 0.274 e. The summed E-state index contributed by atoms with van der Waals surface area (Å²) in [4.78, 5) is 14.7. The molecule has 0 saturated carbocycles. The third-order valence-corrected chi connectivity index (χ3v) is 4.92. The minimum atomic E-state index is -0.178. The number of methoxy groups -OCH3 is 1. The lowest BCUT2D eigenvalue weighted by Gasteiger charge is -2.34. The molecule has 0 N–H and O–H groups in total. The molecular formula is C19H23N3O4. The Morgan fingerprint density at radius 3 is 2.69 bits per heavy atom. The quantitative estimate of drug-likeness (QED) is 0.838. The van der Waals surface area contributed by atoms with Crippen LogP contribution in [-0.2, 0) is 9.47 Å². The molecule has 0 bridgehead atoms. The molecule has 2 saturated heterocycles. The van der Waals surface area contributed by atoms with E-state index in [9.17, 15) is 4.79 Å². The molecule has 26 heavy (non-hydrogen) atoms. The Morgan fingerprint density at radius 2 is 1.96 bits per heavy atom. The molecule has 1 aromatic heterocycles. The van der Waals surface area contributed by atoms with Gasteiger partial charge in [0.05, 0.1) is 26.0 Å². The van der Waals surface area contributed by atoms with E-state index in [4.69, 9.17) is 14.2 Å². The van der Waals surface area contributed by atoms with Gasteiger partial charge in [-0.05, 0) is 43.2 Å². The van der Waals surface area contributed by atoms with Crippen LogP contribution in [0.1, 0.15) is 23.3 Å². The molecule has 2 aliphatic heterocycles. The predicted molar refractivity (Wildman–Crippen MR) is 94.4 cm³/mol. The zero-order valence-electron chi connectivity index (χ0n) is 14.8. The summed E-state index contributed by atoms with van der Waals surface area (Å²) < 4.78 is 18.1. The van der Waals surface area contributed by atoms with Gasteiger partial charge in [-0.3, -0.25) is 4.79 Å². The molecule has 3 heterocycles. The maximum atomic E-state index is 12.9. The summed E-state index contributed by atoms with van der Waals surface area (Å²) in [6, 6.07) is 9.32. The molecule has 1 unspecified atom stereocenters. The van der Waals surface area contributed by atoms with Gasteiger partial charge in [0.15, 0.2) is 12.0 Å². The van der Waals surface area contributed by atoms with E-state index in [1.807, 2.05) is 29.2 Å². The Hall–Kier alpha value is -2.38. The Balaban J connectivity index is 1.45. The number of likely N-dealkylation sites (tertiary alicyclic amines) is 1. The first-order valence-electron chi connectivity index (χ1n) is 8.97. The highest BCUT2D eigenvalue weighted by Crippen LogP contribution is 2.25. The molecule has 1 atom stereocenters. The van der Waals surface area contributed by atoms with Crippen LogP contribution in [0, 0.1) is 5.92 Å². The van der Waals surface area contributed by atoms with Crippen LogP contribution >= 0.6 is 0 Å². The van der Waals surface area contributed by atoms with Crippen LogP contribution < -0.4 is 4.74 Å². The van der Waals surface area contributed by atoms with Crippen LogP contribution in [0.4, 0.5) is 0 Å². The molecule has 7 heteroatoms. The van der Waals surface area contributed by atoms with E-state index in [1.54, 1.807) is 24.1 Å². The lowest BCUT2D eigenvalue weighted by atomic mass is 9.97. The first-order chi connectivity index (χ1) is 12.7. The van der Waals surface area contributed by atoms with Crippen molar-refractivity contribution in [3.05, 3.63) is 42.2 Å². The van der Waals surface area contributed by atoms with E-state index in [1.165, 1.54) is 0 Å². The number of piperidine rings is 1. The lowest BCUT2D eigenvalue weighted by molar-refractivity contribution is -0.0969. The first-order valence-corrected chi connectivity index (χ1v) is 8.97. The van der Waals surface area contributed by atoms with E-state index in [-0.39, 0.29) is 18.1 Å². The van der Waals surface area contributed by atoms with Gasteiger partial charge >= 0.3 is 0 Å². The van der Waals surface area contributed by atoms with E-state index in [2.05, 4.69) is 5.10 Å². The number of hydrogen-bond acceptors (Lipinski definition) is 5. The summed E-state index contributed by atoms with van der Waals surface area (Å²) in [5.41, 5.74) is 1.34. The second-order valence-electron chi connectivity index (χ2n) is 6.61. The summed E-state index contributed by atoms with van der Waals surface area (Å²) in [6.45, 7) is 2.68. The normalized spacial score (nSPS) is 21.1. The predicted octanol–water partition coefficient (Wildman–Crippen LogP) is 2.11. The fourth-order valence-corrected chi connectivity index (χ4v) is 3.54. The molecule has 4 rings (SSSR count). The Labute approximate surface area is 152 Å². The Bertz CT molecular complexity index is 752. The average Bonchev–Trinajstić information content (AvgIpc) is 3.40. The summed E-state index contributed by atoms with van der Waals surface area (Å²) >= 11 is 0. The number of carbonyl (C=O) groups excluding carboxylic acids is 1. The number of hydrogen-bond donors (Lipinski definition) is 0. The largest absolute Gasteiger partial charge is 0.497 e. The van der Waals surface area contributed by atoms with Crippen molar-refractivity contribution < 1.29 is 19.0 Å². The van der Waals surface area contributed by atoms with Crippen molar-refractivity contribution in [2.75, 3.05) is 33.4 Å². The summed E-state index contributed by atoms with van der Waals surface area (Å²) in [6.07, 6.45) is 3.61. The standard InChI is InChI=1S/C19H23N3O4/c1-24-16-6-4-15(5-7-16)22-10-8-17(20-22)18(23)21-9-2-3-14(13-21)19-25-11-12-26-19/h4-8,10,14,19H,2-3,9,11-13H2,1H3. The zero-order valence-corrected chi connectivity index (χ0v) is 14.8. The van der Waals surface area contributed by atoms with Crippen molar-refractivity contribution in [3.63, 3.8) is 0 Å². The molecule has 138 valence electrons. The maximum absolute atomic E-state index is 12.9. The van der Waals surface area contributed by atoms with Gasteiger partial charge in [-0.25, -0.2) is 4.68 Å². The fraction of sp³-hybridized carbons (Fsp3) is 0.474. The van der Waals surface area contributed by atoms with Gasteiger partial charge < -0.3 is 19.1 Å². The number of aromatic nitrogens is 2. The van der Waals surface area contributed by atoms with Crippen LogP contribution in [-0.4, -0.2) is 60.3 Å². The van der Waals surface area contributed by atoms with E-state index in [0.717, 1.165) is 30.8 Å². The lowest BCUT2D eigenvalue weighted by Crippen LogP contribution is -2.44. The van der Waals surface area contributed by atoms with Crippen LogP contribution in [0.3, 0.4) is 0 Å².